The Labute approximate surface area is 119 Å². The van der Waals surface area contributed by atoms with Crippen molar-refractivity contribution in [3.8, 4) is 0 Å². The zero-order valence-corrected chi connectivity index (χ0v) is 12.0. The Morgan fingerprint density at radius 1 is 1.26 bits per heavy atom. The summed E-state index contributed by atoms with van der Waals surface area (Å²) in [6.07, 6.45) is 0. The van der Waals surface area contributed by atoms with Gasteiger partial charge in [0, 0.05) is 12.2 Å². The first-order chi connectivity index (χ1) is 9.10. The van der Waals surface area contributed by atoms with E-state index in [1.54, 1.807) is 12.1 Å². The first-order valence-corrected chi connectivity index (χ1v) is 6.70. The summed E-state index contributed by atoms with van der Waals surface area (Å²) in [6.45, 7) is 5.74. The topological polar surface area (TPSA) is 42.2 Å². The van der Waals surface area contributed by atoms with Crippen LogP contribution in [0.1, 0.15) is 18.2 Å². The Morgan fingerprint density at radius 3 is 2.74 bits per heavy atom. The molecule has 0 saturated heterocycles. The third-order valence-corrected chi connectivity index (χ3v) is 3.37. The summed E-state index contributed by atoms with van der Waals surface area (Å²) in [5.41, 5.74) is 8.94. The van der Waals surface area contributed by atoms with Gasteiger partial charge in [0.1, 0.15) is 5.82 Å². The number of halogens is 1. The SMILES string of the molecule is CCN(Cc1nc(N)ccc1Cl)c1cccc(C)c1. The van der Waals surface area contributed by atoms with E-state index in [1.807, 2.05) is 0 Å². The summed E-state index contributed by atoms with van der Waals surface area (Å²) >= 11 is 6.17. The van der Waals surface area contributed by atoms with Crippen molar-refractivity contribution in [2.45, 2.75) is 20.4 Å². The van der Waals surface area contributed by atoms with E-state index in [0.717, 1.165) is 12.2 Å². The van der Waals surface area contributed by atoms with E-state index >= 15 is 0 Å². The normalized spacial score (nSPS) is 10.5. The van der Waals surface area contributed by atoms with Crippen molar-refractivity contribution in [1.82, 2.24) is 4.98 Å². The van der Waals surface area contributed by atoms with E-state index in [4.69, 9.17) is 17.3 Å². The number of rotatable bonds is 4. The molecule has 19 heavy (non-hydrogen) atoms. The first kappa shape index (κ1) is 13.7. The zero-order chi connectivity index (χ0) is 13.8. The van der Waals surface area contributed by atoms with Gasteiger partial charge in [0.15, 0.2) is 0 Å². The van der Waals surface area contributed by atoms with Gasteiger partial charge in [-0.1, -0.05) is 23.7 Å². The molecule has 3 nitrogen and oxygen atoms in total. The summed E-state index contributed by atoms with van der Waals surface area (Å²) in [5.74, 6) is 0.500. The monoisotopic (exact) mass is 275 g/mol. The minimum atomic E-state index is 0.500. The van der Waals surface area contributed by atoms with Crippen molar-refractivity contribution in [2.24, 2.45) is 0 Å². The van der Waals surface area contributed by atoms with Crippen LogP contribution in [0.2, 0.25) is 5.02 Å². The number of aromatic nitrogens is 1. The standard InChI is InChI=1S/C15H18ClN3/c1-3-19(12-6-4-5-11(2)9-12)10-14-13(16)7-8-15(17)18-14/h4-9H,3,10H2,1-2H3,(H2,17,18). The molecule has 1 aromatic heterocycles. The summed E-state index contributed by atoms with van der Waals surface area (Å²) in [5, 5.41) is 0.653. The lowest BCUT2D eigenvalue weighted by Crippen LogP contribution is -2.23. The molecule has 2 aromatic rings. The van der Waals surface area contributed by atoms with Gasteiger partial charge in [-0.05, 0) is 43.7 Å². The molecule has 0 amide bonds. The molecule has 0 aliphatic carbocycles. The molecule has 0 fully saturated rings. The van der Waals surface area contributed by atoms with Gasteiger partial charge in [0.25, 0.3) is 0 Å². The van der Waals surface area contributed by atoms with E-state index in [1.165, 1.54) is 11.3 Å². The average Bonchev–Trinajstić information content (AvgIpc) is 2.39. The second-order valence-corrected chi connectivity index (χ2v) is 4.93. The second-order valence-electron chi connectivity index (χ2n) is 4.52. The van der Waals surface area contributed by atoms with Crippen LogP contribution < -0.4 is 10.6 Å². The summed E-state index contributed by atoms with van der Waals surface area (Å²) in [4.78, 5) is 6.54. The molecule has 0 radical (unpaired) electrons. The molecule has 0 bridgehead atoms. The van der Waals surface area contributed by atoms with Crippen LogP contribution in [0.5, 0.6) is 0 Å². The molecule has 4 heteroatoms. The Balaban J connectivity index is 2.26. The summed E-state index contributed by atoms with van der Waals surface area (Å²) in [6, 6.07) is 11.9. The highest BCUT2D eigenvalue weighted by atomic mass is 35.5. The van der Waals surface area contributed by atoms with E-state index in [9.17, 15) is 0 Å². The number of pyridine rings is 1. The van der Waals surface area contributed by atoms with Crippen molar-refractivity contribution in [3.05, 3.63) is 52.7 Å². The van der Waals surface area contributed by atoms with Gasteiger partial charge >= 0.3 is 0 Å². The van der Waals surface area contributed by atoms with Crippen molar-refractivity contribution >= 4 is 23.1 Å². The quantitative estimate of drug-likeness (QED) is 0.926. The molecule has 100 valence electrons. The average molecular weight is 276 g/mol. The van der Waals surface area contributed by atoms with Gasteiger partial charge < -0.3 is 10.6 Å². The molecule has 2 N–H and O–H groups in total. The number of nitrogens with zero attached hydrogens (tertiary/aromatic N) is 2. The lowest BCUT2D eigenvalue weighted by Gasteiger charge is -2.23. The van der Waals surface area contributed by atoms with Crippen LogP contribution in [0.25, 0.3) is 0 Å². The molecule has 0 aliphatic rings. The molecular formula is C15H18ClN3. The van der Waals surface area contributed by atoms with E-state index in [0.29, 0.717) is 17.4 Å². The predicted octanol–water partition coefficient (Wildman–Crippen LogP) is 3.65. The van der Waals surface area contributed by atoms with Crippen LogP contribution in [-0.4, -0.2) is 11.5 Å². The molecule has 0 saturated carbocycles. The highest BCUT2D eigenvalue weighted by molar-refractivity contribution is 6.31. The Morgan fingerprint density at radius 2 is 2.05 bits per heavy atom. The van der Waals surface area contributed by atoms with Gasteiger partial charge in [0.2, 0.25) is 0 Å². The van der Waals surface area contributed by atoms with Crippen LogP contribution in [0, 0.1) is 6.92 Å². The van der Waals surface area contributed by atoms with Gasteiger partial charge in [-0.2, -0.15) is 0 Å². The highest BCUT2D eigenvalue weighted by Gasteiger charge is 2.09. The minimum absolute atomic E-state index is 0.500. The molecule has 0 aliphatic heterocycles. The maximum Gasteiger partial charge on any atom is 0.123 e. The third-order valence-electron chi connectivity index (χ3n) is 3.03. The van der Waals surface area contributed by atoms with E-state index in [2.05, 4.69) is 48.0 Å². The lowest BCUT2D eigenvalue weighted by atomic mass is 10.2. The van der Waals surface area contributed by atoms with E-state index in [-0.39, 0.29) is 0 Å². The maximum absolute atomic E-state index is 6.17. The Bertz CT molecular complexity index is 569. The number of anilines is 2. The van der Waals surface area contributed by atoms with Gasteiger partial charge in [-0.15, -0.1) is 0 Å². The zero-order valence-electron chi connectivity index (χ0n) is 11.2. The van der Waals surface area contributed by atoms with Gasteiger partial charge in [0.05, 0.1) is 17.3 Å². The number of hydrogen-bond donors (Lipinski definition) is 1. The van der Waals surface area contributed by atoms with E-state index < -0.39 is 0 Å². The lowest BCUT2D eigenvalue weighted by molar-refractivity contribution is 0.811. The van der Waals surface area contributed by atoms with Crippen LogP contribution in [0.4, 0.5) is 11.5 Å². The van der Waals surface area contributed by atoms with Crippen molar-refractivity contribution in [3.63, 3.8) is 0 Å². The smallest absolute Gasteiger partial charge is 0.123 e. The fourth-order valence-corrected chi connectivity index (χ4v) is 2.17. The predicted molar refractivity (Wildman–Crippen MR) is 81.6 cm³/mol. The van der Waals surface area contributed by atoms with Crippen molar-refractivity contribution < 1.29 is 0 Å². The number of benzene rings is 1. The molecular weight excluding hydrogens is 258 g/mol. The Kier molecular flexibility index (Phi) is 4.27. The summed E-state index contributed by atoms with van der Waals surface area (Å²) < 4.78 is 0. The number of aryl methyl sites for hydroxylation is 1. The van der Waals surface area contributed by atoms with Crippen LogP contribution >= 0.6 is 11.6 Å². The molecule has 1 heterocycles. The van der Waals surface area contributed by atoms with Crippen LogP contribution in [0.15, 0.2) is 36.4 Å². The second kappa shape index (κ2) is 5.93. The highest BCUT2D eigenvalue weighted by Crippen LogP contribution is 2.22. The summed E-state index contributed by atoms with van der Waals surface area (Å²) in [7, 11) is 0. The van der Waals surface area contributed by atoms with Gasteiger partial charge in [-0.25, -0.2) is 4.98 Å². The van der Waals surface area contributed by atoms with Crippen LogP contribution in [-0.2, 0) is 6.54 Å². The molecule has 1 aromatic carbocycles. The van der Waals surface area contributed by atoms with Crippen LogP contribution in [0.3, 0.4) is 0 Å². The fourth-order valence-electron chi connectivity index (χ4n) is 2.00. The number of hydrogen-bond acceptors (Lipinski definition) is 3. The van der Waals surface area contributed by atoms with Crippen molar-refractivity contribution in [1.29, 1.82) is 0 Å². The third kappa shape index (κ3) is 3.38. The largest absolute Gasteiger partial charge is 0.384 e. The minimum Gasteiger partial charge on any atom is -0.384 e. The molecule has 0 atom stereocenters. The first-order valence-electron chi connectivity index (χ1n) is 6.32. The molecule has 0 spiro atoms. The number of nitrogen functional groups attached to an aromatic ring is 1. The number of nitrogens with two attached hydrogens (primary N) is 1. The maximum atomic E-state index is 6.17. The van der Waals surface area contributed by atoms with Crippen molar-refractivity contribution in [2.75, 3.05) is 17.2 Å². The Hall–Kier alpha value is -1.74. The molecule has 2 rings (SSSR count). The van der Waals surface area contributed by atoms with Gasteiger partial charge in [-0.3, -0.25) is 0 Å². The fraction of sp³-hybridized carbons (Fsp3) is 0.267. The molecule has 0 unspecified atom stereocenters.